The highest BCUT2D eigenvalue weighted by Gasteiger charge is 2.20. The van der Waals surface area contributed by atoms with Gasteiger partial charge in [-0.25, -0.2) is 9.79 Å². The van der Waals surface area contributed by atoms with Gasteiger partial charge in [-0.15, -0.1) is 11.3 Å². The van der Waals surface area contributed by atoms with Gasteiger partial charge in [-0.2, -0.15) is 0 Å². The molecule has 2 N–H and O–H groups in total. The van der Waals surface area contributed by atoms with Crippen LogP contribution in [0.15, 0.2) is 23.2 Å². The number of hydrogen-bond acceptors (Lipinski definition) is 6. The van der Waals surface area contributed by atoms with E-state index in [4.69, 9.17) is 4.74 Å². The number of aryl methyl sites for hydroxylation is 1. The SMILES string of the molecule is CCOC(=O)c1c(/N=C/c2ccc(O)cc2O)sc(C)c1C. The Labute approximate surface area is 132 Å². The van der Waals surface area contributed by atoms with Crippen LogP contribution in [0.5, 0.6) is 11.5 Å². The van der Waals surface area contributed by atoms with Crippen LogP contribution in [-0.4, -0.2) is 29.0 Å². The molecular weight excluding hydrogens is 302 g/mol. The highest BCUT2D eigenvalue weighted by Crippen LogP contribution is 2.35. The quantitative estimate of drug-likeness (QED) is 0.665. The molecule has 0 saturated heterocycles. The molecule has 6 heteroatoms. The van der Waals surface area contributed by atoms with Crippen molar-refractivity contribution < 1.29 is 19.7 Å². The van der Waals surface area contributed by atoms with E-state index >= 15 is 0 Å². The number of carbonyl (C=O) groups excluding carboxylic acids is 1. The third-order valence-electron chi connectivity index (χ3n) is 3.18. The molecule has 0 aliphatic rings. The lowest BCUT2D eigenvalue weighted by atomic mass is 10.1. The van der Waals surface area contributed by atoms with Crippen LogP contribution in [0.4, 0.5) is 5.00 Å². The van der Waals surface area contributed by atoms with Crippen molar-refractivity contribution in [2.45, 2.75) is 20.8 Å². The van der Waals surface area contributed by atoms with Gasteiger partial charge in [0.15, 0.2) is 0 Å². The maximum absolute atomic E-state index is 12.1. The first-order chi connectivity index (χ1) is 10.4. The zero-order valence-corrected chi connectivity index (χ0v) is 13.4. The number of rotatable bonds is 4. The summed E-state index contributed by atoms with van der Waals surface area (Å²) in [6, 6.07) is 4.24. The summed E-state index contributed by atoms with van der Waals surface area (Å²) in [6.07, 6.45) is 1.46. The number of benzene rings is 1. The second kappa shape index (κ2) is 6.62. The number of ether oxygens (including phenoxy) is 1. The van der Waals surface area contributed by atoms with E-state index in [0.29, 0.717) is 22.7 Å². The van der Waals surface area contributed by atoms with Gasteiger partial charge in [0, 0.05) is 22.7 Å². The fourth-order valence-electron chi connectivity index (χ4n) is 1.91. The molecule has 0 unspecified atom stereocenters. The van der Waals surface area contributed by atoms with E-state index in [1.54, 1.807) is 13.0 Å². The Morgan fingerprint density at radius 3 is 2.73 bits per heavy atom. The minimum absolute atomic E-state index is 0.0234. The maximum Gasteiger partial charge on any atom is 0.341 e. The Kier molecular flexibility index (Phi) is 4.82. The van der Waals surface area contributed by atoms with Gasteiger partial charge in [-0.05, 0) is 38.5 Å². The molecule has 1 aromatic heterocycles. The van der Waals surface area contributed by atoms with Gasteiger partial charge >= 0.3 is 5.97 Å². The Hall–Kier alpha value is -2.34. The molecule has 5 nitrogen and oxygen atoms in total. The minimum atomic E-state index is -0.397. The van der Waals surface area contributed by atoms with E-state index in [1.165, 1.54) is 29.7 Å². The van der Waals surface area contributed by atoms with Crippen molar-refractivity contribution in [2.24, 2.45) is 4.99 Å². The summed E-state index contributed by atoms with van der Waals surface area (Å²) >= 11 is 1.39. The van der Waals surface area contributed by atoms with E-state index in [1.807, 2.05) is 13.8 Å². The van der Waals surface area contributed by atoms with Gasteiger partial charge in [-0.1, -0.05) is 0 Å². The Bertz CT molecular complexity index is 734. The largest absolute Gasteiger partial charge is 0.508 e. The zero-order chi connectivity index (χ0) is 16.3. The maximum atomic E-state index is 12.1. The molecule has 0 aliphatic carbocycles. The highest BCUT2D eigenvalue weighted by molar-refractivity contribution is 7.16. The molecule has 2 rings (SSSR count). The molecule has 0 amide bonds. The fraction of sp³-hybridized carbons (Fsp3) is 0.250. The van der Waals surface area contributed by atoms with E-state index in [9.17, 15) is 15.0 Å². The number of thiophene rings is 1. The molecule has 0 spiro atoms. The summed E-state index contributed by atoms with van der Waals surface area (Å²) in [5.41, 5.74) is 1.76. The number of aliphatic imine (C=N–C) groups is 1. The van der Waals surface area contributed by atoms with E-state index in [-0.39, 0.29) is 11.5 Å². The van der Waals surface area contributed by atoms with Gasteiger partial charge in [-0.3, -0.25) is 0 Å². The normalized spacial score (nSPS) is 11.0. The highest BCUT2D eigenvalue weighted by atomic mass is 32.1. The van der Waals surface area contributed by atoms with E-state index < -0.39 is 5.97 Å². The number of nitrogens with zero attached hydrogens (tertiary/aromatic N) is 1. The smallest absolute Gasteiger partial charge is 0.341 e. The predicted octanol–water partition coefficient (Wildman–Crippen LogP) is 3.70. The van der Waals surface area contributed by atoms with Crippen molar-refractivity contribution >= 4 is 28.5 Å². The van der Waals surface area contributed by atoms with E-state index in [0.717, 1.165) is 10.4 Å². The molecule has 0 saturated carbocycles. The Morgan fingerprint density at radius 1 is 1.36 bits per heavy atom. The Morgan fingerprint density at radius 2 is 2.09 bits per heavy atom. The van der Waals surface area contributed by atoms with Crippen LogP contribution in [-0.2, 0) is 4.74 Å². The van der Waals surface area contributed by atoms with Crippen LogP contribution in [0.25, 0.3) is 0 Å². The summed E-state index contributed by atoms with van der Waals surface area (Å²) in [5, 5.41) is 19.6. The lowest BCUT2D eigenvalue weighted by Crippen LogP contribution is -2.05. The first-order valence-corrected chi connectivity index (χ1v) is 7.58. The van der Waals surface area contributed by atoms with Crippen molar-refractivity contribution in [3.8, 4) is 11.5 Å². The molecule has 1 heterocycles. The summed E-state index contributed by atoms with van der Waals surface area (Å²) < 4.78 is 5.07. The van der Waals surface area contributed by atoms with Crippen LogP contribution >= 0.6 is 11.3 Å². The van der Waals surface area contributed by atoms with Gasteiger partial charge in [0.2, 0.25) is 0 Å². The van der Waals surface area contributed by atoms with Crippen LogP contribution in [0, 0.1) is 13.8 Å². The van der Waals surface area contributed by atoms with Crippen LogP contribution in [0.3, 0.4) is 0 Å². The second-order valence-electron chi connectivity index (χ2n) is 4.69. The topological polar surface area (TPSA) is 79.1 Å². The molecule has 0 aliphatic heterocycles. The van der Waals surface area contributed by atoms with Crippen molar-refractivity contribution in [3.63, 3.8) is 0 Å². The standard InChI is InChI=1S/C16H17NO4S/c1-4-21-16(20)14-9(2)10(3)22-15(14)17-8-11-5-6-12(18)7-13(11)19/h5-8,18-19H,4H2,1-3H3/b17-8+. The molecule has 2 aromatic rings. The number of esters is 1. The van der Waals surface area contributed by atoms with Crippen molar-refractivity contribution in [3.05, 3.63) is 39.8 Å². The monoisotopic (exact) mass is 319 g/mol. The van der Waals surface area contributed by atoms with Crippen molar-refractivity contribution in [2.75, 3.05) is 6.61 Å². The van der Waals surface area contributed by atoms with Gasteiger partial charge in [0.25, 0.3) is 0 Å². The first-order valence-electron chi connectivity index (χ1n) is 6.77. The molecule has 0 bridgehead atoms. The lowest BCUT2D eigenvalue weighted by Gasteiger charge is -2.03. The van der Waals surface area contributed by atoms with Gasteiger partial charge in [0.05, 0.1) is 12.2 Å². The van der Waals surface area contributed by atoms with Gasteiger partial charge < -0.3 is 14.9 Å². The average molecular weight is 319 g/mol. The second-order valence-corrected chi connectivity index (χ2v) is 5.89. The molecule has 0 fully saturated rings. The number of carbonyl (C=O) groups is 1. The molecule has 0 atom stereocenters. The molecule has 1 aromatic carbocycles. The van der Waals surface area contributed by atoms with Crippen LogP contribution in [0.1, 0.15) is 33.3 Å². The number of hydrogen-bond donors (Lipinski definition) is 2. The average Bonchev–Trinajstić information content (AvgIpc) is 2.73. The minimum Gasteiger partial charge on any atom is -0.508 e. The fourth-order valence-corrected chi connectivity index (χ4v) is 2.90. The molecule has 0 radical (unpaired) electrons. The lowest BCUT2D eigenvalue weighted by molar-refractivity contribution is 0.0527. The summed E-state index contributed by atoms with van der Waals surface area (Å²) in [6.45, 7) is 5.83. The summed E-state index contributed by atoms with van der Waals surface area (Å²) in [5.74, 6) is -0.498. The summed E-state index contributed by atoms with van der Waals surface area (Å²) in [7, 11) is 0. The van der Waals surface area contributed by atoms with E-state index in [2.05, 4.69) is 4.99 Å². The molecular formula is C16H17NO4S. The van der Waals surface area contributed by atoms with Crippen molar-refractivity contribution in [1.29, 1.82) is 0 Å². The van der Waals surface area contributed by atoms with Crippen LogP contribution < -0.4 is 0 Å². The third kappa shape index (κ3) is 3.28. The number of aromatic hydroxyl groups is 2. The first kappa shape index (κ1) is 16.0. The van der Waals surface area contributed by atoms with Crippen LogP contribution in [0.2, 0.25) is 0 Å². The van der Waals surface area contributed by atoms with Crippen molar-refractivity contribution in [1.82, 2.24) is 0 Å². The summed E-state index contributed by atoms with van der Waals surface area (Å²) in [4.78, 5) is 17.3. The number of phenols is 2. The third-order valence-corrected chi connectivity index (χ3v) is 4.30. The number of phenolic OH excluding ortho intramolecular Hbond substituents is 2. The molecule has 116 valence electrons. The zero-order valence-electron chi connectivity index (χ0n) is 12.6. The Balaban J connectivity index is 2.39. The predicted molar refractivity (Wildman–Crippen MR) is 86.8 cm³/mol. The molecule has 22 heavy (non-hydrogen) atoms. The van der Waals surface area contributed by atoms with Gasteiger partial charge in [0.1, 0.15) is 16.5 Å².